The molecule has 1 heterocycles. The summed E-state index contributed by atoms with van der Waals surface area (Å²) in [6.07, 6.45) is 1.18. The van der Waals surface area contributed by atoms with E-state index < -0.39 is 0 Å². The molecular formula is C16H25FN2O. The van der Waals surface area contributed by atoms with Gasteiger partial charge in [-0.05, 0) is 44.1 Å². The third-order valence-corrected chi connectivity index (χ3v) is 3.91. The predicted octanol–water partition coefficient (Wildman–Crippen LogP) is 2.51. The second kappa shape index (κ2) is 7.16. The summed E-state index contributed by atoms with van der Waals surface area (Å²) in [4.78, 5) is 2.26. The van der Waals surface area contributed by atoms with Crippen molar-refractivity contribution >= 4 is 0 Å². The molecule has 2 unspecified atom stereocenters. The third-order valence-electron chi connectivity index (χ3n) is 3.91. The van der Waals surface area contributed by atoms with E-state index in [2.05, 4.69) is 24.2 Å². The number of nitrogens with one attached hydrogen (secondary N) is 1. The first-order chi connectivity index (χ1) is 9.63. The van der Waals surface area contributed by atoms with Gasteiger partial charge in [-0.2, -0.15) is 0 Å². The van der Waals surface area contributed by atoms with Crippen molar-refractivity contribution in [3.05, 3.63) is 35.1 Å². The van der Waals surface area contributed by atoms with E-state index in [1.165, 1.54) is 0 Å². The SMILES string of the molecule is CCCNCC1OCCN(C)C1c1ccc(C)c(F)c1. The molecular weight excluding hydrogens is 255 g/mol. The highest BCUT2D eigenvalue weighted by molar-refractivity contribution is 5.27. The lowest BCUT2D eigenvalue weighted by Crippen LogP contribution is -2.47. The fraction of sp³-hybridized carbons (Fsp3) is 0.625. The van der Waals surface area contributed by atoms with E-state index in [-0.39, 0.29) is 18.0 Å². The molecule has 0 spiro atoms. The number of benzene rings is 1. The van der Waals surface area contributed by atoms with Gasteiger partial charge in [0.05, 0.1) is 18.8 Å². The zero-order valence-electron chi connectivity index (χ0n) is 12.7. The molecule has 112 valence electrons. The Hall–Kier alpha value is -0.970. The lowest BCUT2D eigenvalue weighted by Gasteiger charge is -2.39. The average Bonchev–Trinajstić information content (AvgIpc) is 2.43. The van der Waals surface area contributed by atoms with Crippen molar-refractivity contribution in [1.29, 1.82) is 0 Å². The van der Waals surface area contributed by atoms with Crippen molar-refractivity contribution < 1.29 is 9.13 Å². The molecule has 0 saturated carbocycles. The zero-order chi connectivity index (χ0) is 14.5. The van der Waals surface area contributed by atoms with Gasteiger partial charge in [0.2, 0.25) is 0 Å². The maximum absolute atomic E-state index is 13.8. The van der Waals surface area contributed by atoms with Gasteiger partial charge in [-0.25, -0.2) is 4.39 Å². The Morgan fingerprint density at radius 1 is 1.45 bits per heavy atom. The molecule has 3 nitrogen and oxygen atoms in total. The second-order valence-electron chi connectivity index (χ2n) is 5.55. The van der Waals surface area contributed by atoms with Crippen LogP contribution in [0.4, 0.5) is 4.39 Å². The summed E-state index contributed by atoms with van der Waals surface area (Å²) in [5.41, 5.74) is 1.69. The number of ether oxygens (including phenoxy) is 1. The number of rotatable bonds is 5. The number of nitrogens with zero attached hydrogens (tertiary/aromatic N) is 1. The topological polar surface area (TPSA) is 24.5 Å². The Bertz CT molecular complexity index is 438. The molecule has 1 aliphatic heterocycles. The lowest BCUT2D eigenvalue weighted by molar-refractivity contribution is -0.0613. The Labute approximate surface area is 121 Å². The molecule has 1 N–H and O–H groups in total. The van der Waals surface area contributed by atoms with Crippen molar-refractivity contribution in [3.63, 3.8) is 0 Å². The minimum atomic E-state index is -0.137. The first kappa shape index (κ1) is 15.4. The van der Waals surface area contributed by atoms with Gasteiger partial charge in [0.1, 0.15) is 5.82 Å². The van der Waals surface area contributed by atoms with E-state index in [9.17, 15) is 4.39 Å². The molecule has 0 aliphatic carbocycles. The number of halogens is 1. The molecule has 0 bridgehead atoms. The molecule has 1 aromatic rings. The van der Waals surface area contributed by atoms with Crippen molar-refractivity contribution in [3.8, 4) is 0 Å². The molecule has 20 heavy (non-hydrogen) atoms. The minimum absolute atomic E-state index is 0.0717. The van der Waals surface area contributed by atoms with Crippen LogP contribution in [-0.4, -0.2) is 44.3 Å². The van der Waals surface area contributed by atoms with Crippen LogP contribution in [0.1, 0.15) is 30.5 Å². The van der Waals surface area contributed by atoms with Gasteiger partial charge >= 0.3 is 0 Å². The van der Waals surface area contributed by atoms with E-state index in [0.717, 1.165) is 38.2 Å². The van der Waals surface area contributed by atoms with Gasteiger partial charge in [0, 0.05) is 13.1 Å². The number of hydrogen-bond acceptors (Lipinski definition) is 3. The standard InChI is InChI=1S/C16H25FN2O/c1-4-7-18-11-15-16(19(3)8-9-20-15)13-6-5-12(2)14(17)10-13/h5-6,10,15-16,18H,4,7-9,11H2,1-3H3. The smallest absolute Gasteiger partial charge is 0.126 e. The highest BCUT2D eigenvalue weighted by atomic mass is 19.1. The van der Waals surface area contributed by atoms with Crippen molar-refractivity contribution in [2.45, 2.75) is 32.4 Å². The normalized spacial score (nSPS) is 24.0. The maximum Gasteiger partial charge on any atom is 0.126 e. The highest BCUT2D eigenvalue weighted by Gasteiger charge is 2.31. The quantitative estimate of drug-likeness (QED) is 0.839. The summed E-state index contributed by atoms with van der Waals surface area (Å²) in [5, 5.41) is 3.41. The Kier molecular flexibility index (Phi) is 5.52. The molecule has 4 heteroatoms. The van der Waals surface area contributed by atoms with E-state index in [1.54, 1.807) is 13.0 Å². The summed E-state index contributed by atoms with van der Waals surface area (Å²) in [6.45, 7) is 7.34. The molecule has 1 aromatic carbocycles. The third kappa shape index (κ3) is 3.57. The predicted molar refractivity (Wildman–Crippen MR) is 79.4 cm³/mol. The summed E-state index contributed by atoms with van der Waals surface area (Å²) in [6, 6.07) is 5.63. The van der Waals surface area contributed by atoms with E-state index in [4.69, 9.17) is 4.74 Å². The Morgan fingerprint density at radius 2 is 2.25 bits per heavy atom. The Balaban J connectivity index is 2.15. The maximum atomic E-state index is 13.8. The van der Waals surface area contributed by atoms with Crippen molar-refractivity contribution in [2.24, 2.45) is 0 Å². The summed E-state index contributed by atoms with van der Waals surface area (Å²) >= 11 is 0. The van der Waals surface area contributed by atoms with Crippen LogP contribution in [0.2, 0.25) is 0 Å². The van der Waals surface area contributed by atoms with Crippen LogP contribution in [0.3, 0.4) is 0 Å². The first-order valence-electron chi connectivity index (χ1n) is 7.42. The Morgan fingerprint density at radius 3 is 2.95 bits per heavy atom. The number of likely N-dealkylation sites (N-methyl/N-ethyl adjacent to an activating group) is 1. The van der Waals surface area contributed by atoms with Gasteiger partial charge in [-0.1, -0.05) is 19.1 Å². The van der Waals surface area contributed by atoms with E-state index >= 15 is 0 Å². The van der Waals surface area contributed by atoms with E-state index in [1.807, 2.05) is 12.1 Å². The molecule has 1 saturated heterocycles. The molecule has 0 radical (unpaired) electrons. The fourth-order valence-corrected chi connectivity index (χ4v) is 2.72. The van der Waals surface area contributed by atoms with Crippen LogP contribution in [0.15, 0.2) is 18.2 Å². The molecule has 1 fully saturated rings. The zero-order valence-corrected chi connectivity index (χ0v) is 12.7. The van der Waals surface area contributed by atoms with Gasteiger partial charge in [0.15, 0.2) is 0 Å². The van der Waals surface area contributed by atoms with Crippen molar-refractivity contribution in [2.75, 3.05) is 33.3 Å². The first-order valence-corrected chi connectivity index (χ1v) is 7.42. The van der Waals surface area contributed by atoms with Crippen molar-refractivity contribution in [1.82, 2.24) is 10.2 Å². The van der Waals surface area contributed by atoms with Gasteiger partial charge in [-0.15, -0.1) is 0 Å². The van der Waals surface area contributed by atoms with Gasteiger partial charge < -0.3 is 10.1 Å². The average molecular weight is 280 g/mol. The molecule has 0 amide bonds. The van der Waals surface area contributed by atoms with Crippen LogP contribution in [0.5, 0.6) is 0 Å². The van der Waals surface area contributed by atoms with Gasteiger partial charge in [0.25, 0.3) is 0 Å². The monoisotopic (exact) mass is 280 g/mol. The fourth-order valence-electron chi connectivity index (χ4n) is 2.72. The van der Waals surface area contributed by atoms with E-state index in [0.29, 0.717) is 5.56 Å². The molecule has 2 atom stereocenters. The number of morpholine rings is 1. The van der Waals surface area contributed by atoms with Crippen LogP contribution in [-0.2, 0) is 4.74 Å². The van der Waals surface area contributed by atoms with Gasteiger partial charge in [-0.3, -0.25) is 4.90 Å². The minimum Gasteiger partial charge on any atom is -0.374 e. The van der Waals surface area contributed by atoms with Crippen LogP contribution < -0.4 is 5.32 Å². The summed E-state index contributed by atoms with van der Waals surface area (Å²) in [5.74, 6) is -0.137. The van der Waals surface area contributed by atoms with Crippen LogP contribution >= 0.6 is 0 Å². The highest BCUT2D eigenvalue weighted by Crippen LogP contribution is 2.29. The summed E-state index contributed by atoms with van der Waals surface area (Å²) < 4.78 is 19.7. The number of hydrogen-bond donors (Lipinski definition) is 1. The molecule has 0 aromatic heterocycles. The second-order valence-corrected chi connectivity index (χ2v) is 5.55. The number of aryl methyl sites for hydroxylation is 1. The van der Waals surface area contributed by atoms with Crippen LogP contribution in [0.25, 0.3) is 0 Å². The van der Waals surface area contributed by atoms with Crippen LogP contribution in [0, 0.1) is 12.7 Å². The lowest BCUT2D eigenvalue weighted by atomic mass is 9.97. The molecule has 2 rings (SSSR count). The largest absolute Gasteiger partial charge is 0.374 e. The summed E-state index contributed by atoms with van der Waals surface area (Å²) in [7, 11) is 2.08. The molecule has 1 aliphatic rings.